The maximum absolute atomic E-state index is 12.4. The molecule has 2 N–H and O–H groups in total. The average Bonchev–Trinajstić information content (AvgIpc) is 2.56. The summed E-state index contributed by atoms with van der Waals surface area (Å²) in [7, 11) is 3.95. The highest BCUT2D eigenvalue weighted by molar-refractivity contribution is 5.91. The highest BCUT2D eigenvalue weighted by Crippen LogP contribution is 2.13. The van der Waals surface area contributed by atoms with E-state index in [0.29, 0.717) is 12.8 Å². The van der Waals surface area contributed by atoms with Crippen LogP contribution in [-0.2, 0) is 16.0 Å². The second kappa shape index (κ2) is 12.9. The number of hydrogen-bond acceptors (Lipinski definition) is 4. The number of piperazine rings is 1. The van der Waals surface area contributed by atoms with Gasteiger partial charge >= 0.3 is 0 Å². The molecule has 1 saturated heterocycles. The van der Waals surface area contributed by atoms with Crippen LogP contribution in [0.1, 0.15) is 18.4 Å². The molecule has 8 heteroatoms. The Morgan fingerprint density at radius 1 is 1.12 bits per heavy atom. The number of halogens is 2. The maximum Gasteiger partial charge on any atom is 0.227 e. The molecule has 0 radical (unpaired) electrons. The predicted octanol–water partition coefficient (Wildman–Crippen LogP) is 1.78. The summed E-state index contributed by atoms with van der Waals surface area (Å²) in [6.07, 6.45) is 1.68. The number of nitrogens with zero attached hydrogens (tertiary/aromatic N) is 2. The normalized spacial score (nSPS) is 14.2. The molecule has 0 unspecified atom stereocenters. The van der Waals surface area contributed by atoms with Crippen molar-refractivity contribution >= 4 is 42.3 Å². The second-order valence-electron chi connectivity index (χ2n) is 6.32. The van der Waals surface area contributed by atoms with Crippen LogP contribution in [0.3, 0.4) is 0 Å². The van der Waals surface area contributed by atoms with Gasteiger partial charge in [0.25, 0.3) is 0 Å². The van der Waals surface area contributed by atoms with Crippen LogP contribution in [0.15, 0.2) is 24.3 Å². The van der Waals surface area contributed by atoms with Gasteiger partial charge in [-0.15, -0.1) is 24.8 Å². The van der Waals surface area contributed by atoms with Crippen LogP contribution >= 0.6 is 24.8 Å². The lowest BCUT2D eigenvalue weighted by Crippen LogP contribution is -2.47. The number of nitrogens with one attached hydrogen (secondary N) is 2. The predicted molar refractivity (Wildman–Crippen MR) is 111 cm³/mol. The molecule has 1 heterocycles. The summed E-state index contributed by atoms with van der Waals surface area (Å²) in [6.45, 7) is 4.25. The molecule has 1 fully saturated rings. The SMILES string of the molecule is CNCCCC(=O)Nc1cccc(CC(=O)N2CCN(C)CC2)c1.Cl.Cl. The first-order chi connectivity index (χ1) is 11.6. The van der Waals surface area contributed by atoms with Crippen LogP contribution in [0.4, 0.5) is 5.69 Å². The number of carbonyl (C=O) groups is 2. The van der Waals surface area contributed by atoms with Gasteiger partial charge in [-0.25, -0.2) is 0 Å². The zero-order valence-corrected chi connectivity index (χ0v) is 17.1. The van der Waals surface area contributed by atoms with Crippen molar-refractivity contribution in [1.82, 2.24) is 15.1 Å². The van der Waals surface area contributed by atoms with E-state index in [9.17, 15) is 9.59 Å². The molecule has 0 spiro atoms. The Morgan fingerprint density at radius 3 is 2.46 bits per heavy atom. The van der Waals surface area contributed by atoms with Crippen molar-refractivity contribution in [2.24, 2.45) is 0 Å². The number of hydrogen-bond donors (Lipinski definition) is 2. The average molecular weight is 405 g/mol. The third kappa shape index (κ3) is 8.36. The summed E-state index contributed by atoms with van der Waals surface area (Å²) < 4.78 is 0. The Bertz CT molecular complexity index is 564. The fourth-order valence-corrected chi connectivity index (χ4v) is 2.75. The van der Waals surface area contributed by atoms with Crippen molar-refractivity contribution < 1.29 is 9.59 Å². The van der Waals surface area contributed by atoms with Gasteiger partial charge in [-0.2, -0.15) is 0 Å². The molecule has 0 saturated carbocycles. The monoisotopic (exact) mass is 404 g/mol. The summed E-state index contributed by atoms with van der Waals surface area (Å²) >= 11 is 0. The fourth-order valence-electron chi connectivity index (χ4n) is 2.75. The number of rotatable bonds is 7. The highest BCUT2D eigenvalue weighted by atomic mass is 35.5. The summed E-state index contributed by atoms with van der Waals surface area (Å²) in [5.41, 5.74) is 1.69. The van der Waals surface area contributed by atoms with Crippen molar-refractivity contribution in [2.45, 2.75) is 19.3 Å². The lowest BCUT2D eigenvalue weighted by atomic mass is 10.1. The summed E-state index contributed by atoms with van der Waals surface area (Å²) in [6, 6.07) is 7.57. The molecule has 148 valence electrons. The van der Waals surface area contributed by atoms with Gasteiger partial charge in [-0.05, 0) is 44.8 Å². The van der Waals surface area contributed by atoms with Crippen molar-refractivity contribution in [3.63, 3.8) is 0 Å². The first kappa shape index (κ1) is 24.7. The molecule has 1 aromatic rings. The molecule has 1 aromatic carbocycles. The van der Waals surface area contributed by atoms with Crippen molar-refractivity contribution in [3.8, 4) is 0 Å². The fraction of sp³-hybridized carbons (Fsp3) is 0.556. The summed E-state index contributed by atoms with van der Waals surface area (Å²) in [5, 5.41) is 5.93. The number of benzene rings is 1. The Hall–Kier alpha value is -1.34. The largest absolute Gasteiger partial charge is 0.340 e. The van der Waals surface area contributed by atoms with Crippen LogP contribution < -0.4 is 10.6 Å². The molecule has 1 aliphatic heterocycles. The lowest BCUT2D eigenvalue weighted by molar-refractivity contribution is -0.132. The summed E-state index contributed by atoms with van der Waals surface area (Å²) in [4.78, 5) is 28.4. The molecule has 0 aromatic heterocycles. The molecule has 6 nitrogen and oxygen atoms in total. The van der Waals surface area contributed by atoms with Crippen molar-refractivity contribution in [2.75, 3.05) is 52.1 Å². The third-order valence-electron chi connectivity index (χ3n) is 4.25. The van der Waals surface area contributed by atoms with Crippen LogP contribution in [0, 0.1) is 0 Å². The number of anilines is 1. The van der Waals surface area contributed by atoms with E-state index in [1.54, 1.807) is 0 Å². The maximum atomic E-state index is 12.4. The zero-order chi connectivity index (χ0) is 17.4. The molecule has 0 bridgehead atoms. The molecule has 1 aliphatic rings. The third-order valence-corrected chi connectivity index (χ3v) is 4.25. The standard InChI is InChI=1S/C18H28N4O2.2ClH/c1-19-8-4-7-17(23)20-16-6-3-5-15(13-16)14-18(24)22-11-9-21(2)10-12-22;;/h3,5-6,13,19H,4,7-12,14H2,1-2H3,(H,20,23);2*1H. The van der Waals surface area contributed by atoms with E-state index in [4.69, 9.17) is 0 Å². The van der Waals surface area contributed by atoms with Crippen LogP contribution in [-0.4, -0.2) is 68.4 Å². The number of carbonyl (C=O) groups excluding carboxylic acids is 2. The smallest absolute Gasteiger partial charge is 0.227 e. The first-order valence-electron chi connectivity index (χ1n) is 8.58. The second-order valence-corrected chi connectivity index (χ2v) is 6.32. The lowest BCUT2D eigenvalue weighted by Gasteiger charge is -2.32. The van der Waals surface area contributed by atoms with E-state index >= 15 is 0 Å². The zero-order valence-electron chi connectivity index (χ0n) is 15.5. The quantitative estimate of drug-likeness (QED) is 0.679. The Kier molecular flexibility index (Phi) is 12.3. The van der Waals surface area contributed by atoms with Crippen molar-refractivity contribution in [3.05, 3.63) is 29.8 Å². The minimum absolute atomic E-state index is 0. The topological polar surface area (TPSA) is 64.7 Å². The van der Waals surface area contributed by atoms with Crippen LogP contribution in [0.5, 0.6) is 0 Å². The molecule has 0 atom stereocenters. The van der Waals surface area contributed by atoms with Gasteiger partial charge in [0.05, 0.1) is 6.42 Å². The van der Waals surface area contributed by atoms with E-state index in [2.05, 4.69) is 22.6 Å². The van der Waals surface area contributed by atoms with Crippen LogP contribution in [0.25, 0.3) is 0 Å². The van der Waals surface area contributed by atoms with E-state index in [0.717, 1.165) is 50.4 Å². The minimum atomic E-state index is 0. The molecular formula is C18H30Cl2N4O2. The number of likely N-dealkylation sites (N-methyl/N-ethyl adjacent to an activating group) is 1. The summed E-state index contributed by atoms with van der Waals surface area (Å²) in [5.74, 6) is 0.161. The van der Waals surface area contributed by atoms with Gasteiger partial charge < -0.3 is 20.4 Å². The molecule has 0 aliphatic carbocycles. The van der Waals surface area contributed by atoms with E-state index in [1.165, 1.54) is 0 Å². The Morgan fingerprint density at radius 2 is 1.81 bits per heavy atom. The van der Waals surface area contributed by atoms with E-state index in [1.807, 2.05) is 36.2 Å². The minimum Gasteiger partial charge on any atom is -0.340 e. The number of amides is 2. The van der Waals surface area contributed by atoms with E-state index < -0.39 is 0 Å². The molecular weight excluding hydrogens is 375 g/mol. The molecule has 2 rings (SSSR count). The van der Waals surface area contributed by atoms with Crippen molar-refractivity contribution in [1.29, 1.82) is 0 Å². The van der Waals surface area contributed by atoms with E-state index in [-0.39, 0.29) is 36.6 Å². The van der Waals surface area contributed by atoms with Gasteiger partial charge in [-0.1, -0.05) is 12.1 Å². The first-order valence-corrected chi connectivity index (χ1v) is 8.58. The van der Waals surface area contributed by atoms with Gasteiger partial charge in [0.15, 0.2) is 0 Å². The Balaban J connectivity index is 0.00000312. The highest BCUT2D eigenvalue weighted by Gasteiger charge is 2.19. The van der Waals surface area contributed by atoms with Gasteiger partial charge in [0.2, 0.25) is 11.8 Å². The van der Waals surface area contributed by atoms with Gasteiger partial charge in [0, 0.05) is 38.3 Å². The Labute approximate surface area is 168 Å². The van der Waals surface area contributed by atoms with Crippen LogP contribution in [0.2, 0.25) is 0 Å². The van der Waals surface area contributed by atoms with Gasteiger partial charge in [-0.3, -0.25) is 9.59 Å². The van der Waals surface area contributed by atoms with Gasteiger partial charge in [0.1, 0.15) is 0 Å². The molecule has 2 amide bonds. The molecule has 26 heavy (non-hydrogen) atoms.